The molecule has 1 rings (SSSR count). The zero-order valence-corrected chi connectivity index (χ0v) is 11.5. The minimum atomic E-state index is -4.52. The Kier molecular flexibility index (Phi) is 6.65. The first-order chi connectivity index (χ1) is 8.95. The van der Waals surface area contributed by atoms with Gasteiger partial charge < -0.3 is 5.32 Å². The molecule has 0 aromatic heterocycles. The van der Waals surface area contributed by atoms with Crippen molar-refractivity contribution >= 4 is 11.8 Å². The molecule has 0 amide bonds. The van der Waals surface area contributed by atoms with Crippen LogP contribution in [0.5, 0.6) is 0 Å². The summed E-state index contributed by atoms with van der Waals surface area (Å²) in [5.74, 6) is 0.183. The summed E-state index contributed by atoms with van der Waals surface area (Å²) in [6, 6.07) is 2.79. The monoisotopic (exact) mass is 295 g/mol. The number of alkyl halides is 3. The number of rotatable bonds is 7. The molecule has 108 valence electrons. The molecule has 0 bridgehead atoms. The Morgan fingerprint density at radius 3 is 2.58 bits per heavy atom. The van der Waals surface area contributed by atoms with Crippen LogP contribution in [0, 0.1) is 5.82 Å². The quantitative estimate of drug-likeness (QED) is 0.601. The maximum Gasteiger partial charge on any atom is 0.416 e. The molecule has 0 fully saturated rings. The lowest BCUT2D eigenvalue weighted by atomic mass is 10.1. The Labute approximate surface area is 114 Å². The fourth-order valence-corrected chi connectivity index (χ4v) is 2.18. The van der Waals surface area contributed by atoms with E-state index in [2.05, 4.69) is 5.32 Å². The predicted molar refractivity (Wildman–Crippen MR) is 70.7 cm³/mol. The summed E-state index contributed by atoms with van der Waals surface area (Å²) >= 11 is 1.75. The first-order valence-corrected chi connectivity index (χ1v) is 7.40. The van der Waals surface area contributed by atoms with Crippen LogP contribution in [0.4, 0.5) is 17.6 Å². The number of hydrogen-bond acceptors (Lipinski definition) is 2. The summed E-state index contributed by atoms with van der Waals surface area (Å²) < 4.78 is 51.0. The fourth-order valence-electron chi connectivity index (χ4n) is 1.69. The molecule has 1 N–H and O–H groups in total. The van der Waals surface area contributed by atoms with Gasteiger partial charge in [-0.3, -0.25) is 0 Å². The SMILES string of the molecule is CSCCCCNCc1ccc(F)cc1C(F)(F)F. The average molecular weight is 295 g/mol. The van der Waals surface area contributed by atoms with Gasteiger partial charge in [0.15, 0.2) is 0 Å². The maximum atomic E-state index is 12.9. The van der Waals surface area contributed by atoms with Crippen LogP contribution in [-0.2, 0) is 12.7 Å². The van der Waals surface area contributed by atoms with Gasteiger partial charge in [-0.05, 0) is 49.1 Å². The van der Waals surface area contributed by atoms with Crippen molar-refractivity contribution in [3.63, 3.8) is 0 Å². The molecule has 1 aromatic carbocycles. The largest absolute Gasteiger partial charge is 0.416 e. The average Bonchev–Trinajstić information content (AvgIpc) is 2.34. The lowest BCUT2D eigenvalue weighted by Crippen LogP contribution is -2.19. The van der Waals surface area contributed by atoms with Crippen LogP contribution in [-0.4, -0.2) is 18.6 Å². The van der Waals surface area contributed by atoms with Crippen molar-refractivity contribution < 1.29 is 17.6 Å². The van der Waals surface area contributed by atoms with E-state index in [1.807, 2.05) is 6.26 Å². The number of hydrogen-bond donors (Lipinski definition) is 1. The van der Waals surface area contributed by atoms with Gasteiger partial charge in [0, 0.05) is 6.54 Å². The summed E-state index contributed by atoms with van der Waals surface area (Å²) in [4.78, 5) is 0. The molecular formula is C13H17F4NS. The molecule has 0 saturated carbocycles. The van der Waals surface area contributed by atoms with E-state index in [4.69, 9.17) is 0 Å². The van der Waals surface area contributed by atoms with Gasteiger partial charge in [-0.15, -0.1) is 0 Å². The Hall–Kier alpha value is -0.750. The third-order valence-corrected chi connectivity index (χ3v) is 3.34. The van der Waals surface area contributed by atoms with Crippen LogP contribution in [0.25, 0.3) is 0 Å². The van der Waals surface area contributed by atoms with Gasteiger partial charge in [-0.1, -0.05) is 6.07 Å². The molecule has 1 aromatic rings. The molecule has 0 heterocycles. The van der Waals surface area contributed by atoms with E-state index in [9.17, 15) is 17.6 Å². The molecule has 0 atom stereocenters. The molecule has 0 unspecified atom stereocenters. The minimum absolute atomic E-state index is 0.0822. The van der Waals surface area contributed by atoms with Gasteiger partial charge in [0.1, 0.15) is 5.82 Å². The number of nitrogens with one attached hydrogen (secondary N) is 1. The standard InChI is InChI=1S/C13H17F4NS/c1-19-7-3-2-6-18-9-10-4-5-11(14)8-12(10)13(15,16)17/h4-5,8,18H,2-3,6-7,9H2,1H3. The second-order valence-corrected chi connectivity index (χ2v) is 5.16. The van der Waals surface area contributed by atoms with Gasteiger partial charge in [0.25, 0.3) is 0 Å². The molecule has 0 radical (unpaired) electrons. The fraction of sp³-hybridized carbons (Fsp3) is 0.538. The van der Waals surface area contributed by atoms with E-state index < -0.39 is 17.6 Å². The number of benzene rings is 1. The van der Waals surface area contributed by atoms with Crippen LogP contribution in [0.1, 0.15) is 24.0 Å². The second kappa shape index (κ2) is 7.75. The van der Waals surface area contributed by atoms with Crippen LogP contribution < -0.4 is 5.32 Å². The summed E-state index contributed by atoms with van der Waals surface area (Å²) in [6.07, 6.45) is -0.549. The van der Waals surface area contributed by atoms with E-state index in [0.717, 1.165) is 24.7 Å². The molecule has 0 saturated heterocycles. The zero-order chi connectivity index (χ0) is 14.3. The molecule has 0 spiro atoms. The van der Waals surface area contributed by atoms with Gasteiger partial charge in [-0.2, -0.15) is 24.9 Å². The molecule has 1 nitrogen and oxygen atoms in total. The van der Waals surface area contributed by atoms with Crippen molar-refractivity contribution in [2.75, 3.05) is 18.6 Å². The Morgan fingerprint density at radius 1 is 1.21 bits per heavy atom. The number of halogens is 4. The summed E-state index contributed by atoms with van der Waals surface area (Å²) in [7, 11) is 0. The van der Waals surface area contributed by atoms with Crippen molar-refractivity contribution in [1.82, 2.24) is 5.32 Å². The summed E-state index contributed by atoms with van der Waals surface area (Å²) in [5.41, 5.74) is -0.817. The highest BCUT2D eigenvalue weighted by atomic mass is 32.2. The van der Waals surface area contributed by atoms with E-state index >= 15 is 0 Å². The third kappa shape index (κ3) is 5.82. The zero-order valence-electron chi connectivity index (χ0n) is 10.7. The van der Waals surface area contributed by atoms with Crippen molar-refractivity contribution in [1.29, 1.82) is 0 Å². The van der Waals surface area contributed by atoms with Crippen molar-refractivity contribution in [3.8, 4) is 0 Å². The Balaban J connectivity index is 2.54. The van der Waals surface area contributed by atoms with E-state index in [0.29, 0.717) is 12.6 Å². The highest BCUT2D eigenvalue weighted by Crippen LogP contribution is 2.32. The maximum absolute atomic E-state index is 12.9. The van der Waals surface area contributed by atoms with E-state index in [1.54, 1.807) is 11.8 Å². The topological polar surface area (TPSA) is 12.0 Å². The lowest BCUT2D eigenvalue weighted by molar-refractivity contribution is -0.138. The highest BCUT2D eigenvalue weighted by Gasteiger charge is 2.33. The molecule has 0 aliphatic carbocycles. The van der Waals surface area contributed by atoms with E-state index in [-0.39, 0.29) is 12.1 Å². The minimum Gasteiger partial charge on any atom is -0.313 e. The molecule has 6 heteroatoms. The highest BCUT2D eigenvalue weighted by molar-refractivity contribution is 7.98. The Morgan fingerprint density at radius 2 is 1.95 bits per heavy atom. The van der Waals surface area contributed by atoms with Crippen LogP contribution in [0.2, 0.25) is 0 Å². The molecule has 19 heavy (non-hydrogen) atoms. The van der Waals surface area contributed by atoms with Gasteiger partial charge >= 0.3 is 6.18 Å². The van der Waals surface area contributed by atoms with Crippen LogP contribution in [0.3, 0.4) is 0 Å². The third-order valence-electron chi connectivity index (χ3n) is 2.64. The first-order valence-electron chi connectivity index (χ1n) is 6.00. The number of thioether (sulfide) groups is 1. The summed E-state index contributed by atoms with van der Waals surface area (Å²) in [5, 5.41) is 2.96. The predicted octanol–water partition coefficient (Wildman–Crippen LogP) is 4.08. The normalized spacial score (nSPS) is 11.8. The van der Waals surface area contributed by atoms with Crippen molar-refractivity contribution in [2.24, 2.45) is 0 Å². The summed E-state index contributed by atoms with van der Waals surface area (Å²) in [6.45, 7) is 0.767. The number of unbranched alkanes of at least 4 members (excludes halogenated alkanes) is 1. The lowest BCUT2D eigenvalue weighted by Gasteiger charge is -2.13. The molecule has 0 aliphatic heterocycles. The van der Waals surface area contributed by atoms with Gasteiger partial charge in [-0.25, -0.2) is 4.39 Å². The second-order valence-electron chi connectivity index (χ2n) is 4.18. The van der Waals surface area contributed by atoms with Crippen LogP contribution in [0.15, 0.2) is 18.2 Å². The Bertz CT molecular complexity index is 393. The molecule has 0 aliphatic rings. The van der Waals surface area contributed by atoms with Crippen molar-refractivity contribution in [3.05, 3.63) is 35.1 Å². The van der Waals surface area contributed by atoms with Crippen molar-refractivity contribution in [2.45, 2.75) is 25.6 Å². The van der Waals surface area contributed by atoms with Crippen LogP contribution >= 0.6 is 11.8 Å². The van der Waals surface area contributed by atoms with Gasteiger partial charge in [0.05, 0.1) is 5.56 Å². The molecular weight excluding hydrogens is 278 g/mol. The first kappa shape index (κ1) is 16.3. The van der Waals surface area contributed by atoms with E-state index in [1.165, 1.54) is 6.07 Å². The van der Waals surface area contributed by atoms with Gasteiger partial charge in [0.2, 0.25) is 0 Å². The smallest absolute Gasteiger partial charge is 0.313 e.